The molecule has 0 spiro atoms. The van der Waals surface area contributed by atoms with Crippen molar-refractivity contribution in [2.24, 2.45) is 0 Å². The number of rotatable bonds is 3. The lowest BCUT2D eigenvalue weighted by Crippen LogP contribution is -2.16. The molecular formula is C15H20N4. The number of nitrogens with one attached hydrogen (secondary N) is 1. The first-order chi connectivity index (χ1) is 8.97. The number of aryl methyl sites for hydroxylation is 1. The van der Waals surface area contributed by atoms with Crippen molar-refractivity contribution in [3.05, 3.63) is 47.7 Å². The summed E-state index contributed by atoms with van der Waals surface area (Å²) >= 11 is 0. The highest BCUT2D eigenvalue weighted by atomic mass is 15.0. The maximum absolute atomic E-state index is 4.55. The van der Waals surface area contributed by atoms with Crippen LogP contribution in [-0.2, 0) is 12.0 Å². The molecule has 2 aromatic heterocycles. The van der Waals surface area contributed by atoms with Crippen LogP contribution in [0.25, 0.3) is 0 Å². The molecule has 2 heterocycles. The molecule has 0 aliphatic carbocycles. The second kappa shape index (κ2) is 5.34. The molecule has 2 aromatic rings. The fourth-order valence-electron chi connectivity index (χ4n) is 1.70. The van der Waals surface area contributed by atoms with Crippen LogP contribution in [0, 0.1) is 6.92 Å². The summed E-state index contributed by atoms with van der Waals surface area (Å²) in [5.74, 6) is 1.71. The van der Waals surface area contributed by atoms with Gasteiger partial charge < -0.3 is 5.32 Å². The fourth-order valence-corrected chi connectivity index (χ4v) is 1.70. The molecule has 100 valence electrons. The molecular weight excluding hydrogens is 236 g/mol. The van der Waals surface area contributed by atoms with Crippen molar-refractivity contribution in [2.75, 3.05) is 5.32 Å². The van der Waals surface area contributed by atoms with Gasteiger partial charge in [0.2, 0.25) is 0 Å². The molecule has 0 aromatic carbocycles. The zero-order valence-electron chi connectivity index (χ0n) is 11.9. The molecule has 4 heteroatoms. The molecule has 0 saturated heterocycles. The second-order valence-corrected chi connectivity index (χ2v) is 5.67. The lowest BCUT2D eigenvalue weighted by molar-refractivity contribution is 0.546. The van der Waals surface area contributed by atoms with Gasteiger partial charge in [0, 0.05) is 30.6 Å². The van der Waals surface area contributed by atoms with Gasteiger partial charge >= 0.3 is 0 Å². The Balaban J connectivity index is 2.10. The third kappa shape index (κ3) is 3.50. The largest absolute Gasteiger partial charge is 0.366 e. The zero-order chi connectivity index (χ0) is 13.9. The molecule has 0 saturated carbocycles. The van der Waals surface area contributed by atoms with Crippen LogP contribution in [0.15, 0.2) is 30.7 Å². The molecule has 0 aliphatic rings. The Hall–Kier alpha value is -1.97. The van der Waals surface area contributed by atoms with E-state index in [-0.39, 0.29) is 5.41 Å². The highest BCUT2D eigenvalue weighted by Gasteiger charge is 2.17. The van der Waals surface area contributed by atoms with Gasteiger partial charge in [0.25, 0.3) is 0 Å². The lowest BCUT2D eigenvalue weighted by Gasteiger charge is -2.17. The van der Waals surface area contributed by atoms with Crippen LogP contribution in [0.1, 0.15) is 37.7 Å². The van der Waals surface area contributed by atoms with Crippen molar-refractivity contribution < 1.29 is 0 Å². The third-order valence-electron chi connectivity index (χ3n) is 2.92. The molecule has 4 nitrogen and oxygen atoms in total. The number of nitrogens with zero attached hydrogens (tertiary/aromatic N) is 3. The Bertz CT molecular complexity index is 558. The van der Waals surface area contributed by atoms with Gasteiger partial charge in [-0.1, -0.05) is 20.8 Å². The summed E-state index contributed by atoms with van der Waals surface area (Å²) in [6.45, 7) is 9.14. The van der Waals surface area contributed by atoms with E-state index in [1.165, 1.54) is 11.1 Å². The van der Waals surface area contributed by atoms with Crippen molar-refractivity contribution in [1.29, 1.82) is 0 Å². The normalized spacial score (nSPS) is 11.4. The predicted octanol–water partition coefficient (Wildman–Crippen LogP) is 3.09. The SMILES string of the molecule is Cc1cnccc1CNc1ccnc(C(C)(C)C)n1. The smallest absolute Gasteiger partial charge is 0.135 e. The first-order valence-corrected chi connectivity index (χ1v) is 6.44. The molecule has 0 radical (unpaired) electrons. The summed E-state index contributed by atoms with van der Waals surface area (Å²) in [4.78, 5) is 13.0. The highest BCUT2D eigenvalue weighted by molar-refractivity contribution is 5.36. The number of hydrogen-bond donors (Lipinski definition) is 1. The molecule has 0 bridgehead atoms. The minimum absolute atomic E-state index is 0.0374. The van der Waals surface area contributed by atoms with Crippen molar-refractivity contribution >= 4 is 5.82 Å². The molecule has 2 rings (SSSR count). The molecule has 0 atom stereocenters. The van der Waals surface area contributed by atoms with Crippen molar-refractivity contribution in [3.8, 4) is 0 Å². The van der Waals surface area contributed by atoms with Gasteiger partial charge in [0.1, 0.15) is 11.6 Å². The van der Waals surface area contributed by atoms with E-state index in [0.29, 0.717) is 0 Å². The predicted molar refractivity (Wildman–Crippen MR) is 77.0 cm³/mol. The van der Waals surface area contributed by atoms with Crippen LogP contribution >= 0.6 is 0 Å². The van der Waals surface area contributed by atoms with E-state index in [1.54, 1.807) is 6.20 Å². The van der Waals surface area contributed by atoms with Gasteiger partial charge in [-0.25, -0.2) is 9.97 Å². The number of pyridine rings is 1. The van der Waals surface area contributed by atoms with E-state index in [9.17, 15) is 0 Å². The van der Waals surface area contributed by atoms with E-state index >= 15 is 0 Å². The van der Waals surface area contributed by atoms with Crippen LogP contribution in [0.3, 0.4) is 0 Å². The Morgan fingerprint density at radius 1 is 1.16 bits per heavy atom. The first-order valence-electron chi connectivity index (χ1n) is 6.44. The van der Waals surface area contributed by atoms with Crippen LogP contribution in [0.5, 0.6) is 0 Å². The summed E-state index contributed by atoms with van der Waals surface area (Å²) in [5.41, 5.74) is 2.37. The minimum Gasteiger partial charge on any atom is -0.366 e. The Morgan fingerprint density at radius 3 is 2.63 bits per heavy atom. The van der Waals surface area contributed by atoms with Crippen LogP contribution in [0.4, 0.5) is 5.82 Å². The van der Waals surface area contributed by atoms with E-state index in [4.69, 9.17) is 0 Å². The van der Waals surface area contributed by atoms with Crippen LogP contribution in [0.2, 0.25) is 0 Å². The van der Waals surface area contributed by atoms with Gasteiger partial charge in [-0.2, -0.15) is 0 Å². The summed E-state index contributed by atoms with van der Waals surface area (Å²) in [6, 6.07) is 3.92. The standard InChI is InChI=1S/C15H20N4/c1-11-9-16-7-5-12(11)10-18-13-6-8-17-14(19-13)15(2,3)4/h5-9H,10H2,1-4H3,(H,17,18,19). The number of aromatic nitrogens is 3. The molecule has 19 heavy (non-hydrogen) atoms. The van der Waals surface area contributed by atoms with Crippen molar-refractivity contribution in [3.63, 3.8) is 0 Å². The molecule has 0 aliphatic heterocycles. The Morgan fingerprint density at radius 2 is 1.95 bits per heavy atom. The molecule has 0 fully saturated rings. The fraction of sp³-hybridized carbons (Fsp3) is 0.400. The first kappa shape index (κ1) is 13.5. The van der Waals surface area contributed by atoms with Gasteiger partial charge in [-0.05, 0) is 30.2 Å². The van der Waals surface area contributed by atoms with Crippen molar-refractivity contribution in [2.45, 2.75) is 39.7 Å². The van der Waals surface area contributed by atoms with Gasteiger partial charge in [0.05, 0.1) is 0 Å². The van der Waals surface area contributed by atoms with Gasteiger partial charge in [0.15, 0.2) is 0 Å². The maximum atomic E-state index is 4.55. The maximum Gasteiger partial charge on any atom is 0.135 e. The molecule has 0 amide bonds. The quantitative estimate of drug-likeness (QED) is 0.916. The molecule has 0 unspecified atom stereocenters. The summed E-state index contributed by atoms with van der Waals surface area (Å²) in [6.07, 6.45) is 5.48. The van der Waals surface area contributed by atoms with Gasteiger partial charge in [-0.3, -0.25) is 4.98 Å². The van der Waals surface area contributed by atoms with Crippen LogP contribution in [-0.4, -0.2) is 15.0 Å². The average molecular weight is 256 g/mol. The topological polar surface area (TPSA) is 50.7 Å². The zero-order valence-corrected chi connectivity index (χ0v) is 11.9. The van der Waals surface area contributed by atoms with Gasteiger partial charge in [-0.15, -0.1) is 0 Å². The number of anilines is 1. The average Bonchev–Trinajstić information content (AvgIpc) is 2.37. The Kier molecular flexibility index (Phi) is 3.79. The van der Waals surface area contributed by atoms with E-state index in [0.717, 1.165) is 18.2 Å². The van der Waals surface area contributed by atoms with E-state index in [2.05, 4.69) is 48.0 Å². The third-order valence-corrected chi connectivity index (χ3v) is 2.92. The molecule has 1 N–H and O–H groups in total. The minimum atomic E-state index is -0.0374. The van der Waals surface area contributed by atoms with E-state index < -0.39 is 0 Å². The summed E-state index contributed by atoms with van der Waals surface area (Å²) < 4.78 is 0. The Labute approximate surface area is 114 Å². The number of hydrogen-bond acceptors (Lipinski definition) is 4. The van der Waals surface area contributed by atoms with E-state index in [1.807, 2.05) is 24.5 Å². The highest BCUT2D eigenvalue weighted by Crippen LogP contribution is 2.19. The summed E-state index contributed by atoms with van der Waals surface area (Å²) in [5, 5.41) is 3.34. The monoisotopic (exact) mass is 256 g/mol. The van der Waals surface area contributed by atoms with Crippen LogP contribution < -0.4 is 5.32 Å². The lowest BCUT2D eigenvalue weighted by atomic mass is 9.96. The van der Waals surface area contributed by atoms with Crippen molar-refractivity contribution in [1.82, 2.24) is 15.0 Å². The second-order valence-electron chi connectivity index (χ2n) is 5.67. The summed E-state index contributed by atoms with van der Waals surface area (Å²) in [7, 11) is 0.